The summed E-state index contributed by atoms with van der Waals surface area (Å²) in [5.74, 6) is -2.47. The first-order valence-corrected chi connectivity index (χ1v) is 14.0. The maximum absolute atomic E-state index is 13.7. The third-order valence-corrected chi connectivity index (χ3v) is 10.6. The van der Waals surface area contributed by atoms with Crippen molar-refractivity contribution in [3.8, 4) is 0 Å². The summed E-state index contributed by atoms with van der Waals surface area (Å²) in [5.41, 5.74) is -5.22. The molecule has 4 aliphatic rings. The van der Waals surface area contributed by atoms with Crippen molar-refractivity contribution in [1.82, 2.24) is 0 Å². The third-order valence-electron chi connectivity index (χ3n) is 10.3. The lowest BCUT2D eigenvalue weighted by molar-refractivity contribution is -0.362. The molecule has 1 heterocycles. The zero-order chi connectivity index (χ0) is 29.4. The van der Waals surface area contributed by atoms with Gasteiger partial charge in [0.2, 0.25) is 0 Å². The van der Waals surface area contributed by atoms with Gasteiger partial charge in [0.25, 0.3) is 0 Å². The van der Waals surface area contributed by atoms with Gasteiger partial charge in [-0.05, 0) is 30.2 Å². The van der Waals surface area contributed by atoms with E-state index in [0.29, 0.717) is 5.57 Å². The number of esters is 2. The summed E-state index contributed by atoms with van der Waals surface area (Å²) in [5, 5.41) is 47.8. The minimum atomic E-state index is -1.98. The lowest BCUT2D eigenvalue weighted by Gasteiger charge is -2.69. The van der Waals surface area contributed by atoms with E-state index in [-0.39, 0.29) is 30.6 Å². The van der Waals surface area contributed by atoms with Crippen LogP contribution in [0.3, 0.4) is 0 Å². The van der Waals surface area contributed by atoms with E-state index in [1.54, 1.807) is 58.0 Å². The van der Waals surface area contributed by atoms with Gasteiger partial charge >= 0.3 is 11.9 Å². The Hall–Kier alpha value is -1.91. The van der Waals surface area contributed by atoms with E-state index < -0.39 is 76.5 Å². The van der Waals surface area contributed by atoms with Crippen LogP contribution < -0.4 is 0 Å². The normalized spacial score (nSPS) is 43.8. The molecule has 40 heavy (non-hydrogen) atoms. The summed E-state index contributed by atoms with van der Waals surface area (Å²) in [6.07, 6.45) is -7.20. The zero-order valence-electron chi connectivity index (χ0n) is 23.4. The summed E-state index contributed by atoms with van der Waals surface area (Å²) >= 11 is 0. The van der Waals surface area contributed by atoms with Gasteiger partial charge in [0.05, 0.1) is 36.4 Å². The summed E-state index contributed by atoms with van der Waals surface area (Å²) in [7, 11) is 2.19. The number of ether oxygens (including phenoxy) is 3. The third kappa shape index (κ3) is 3.87. The van der Waals surface area contributed by atoms with Crippen molar-refractivity contribution < 1.29 is 48.7 Å². The molecule has 0 radical (unpaired) electrons. The Kier molecular flexibility index (Phi) is 7.27. The molecule has 1 aromatic rings. The number of carbonyl (C=O) groups excluding carboxylic acids is 2. The van der Waals surface area contributed by atoms with E-state index in [9.17, 15) is 30.0 Å². The molecule has 0 spiro atoms. The van der Waals surface area contributed by atoms with Crippen LogP contribution in [-0.2, 0) is 23.5 Å². The van der Waals surface area contributed by atoms with Crippen molar-refractivity contribution in [2.45, 2.75) is 95.3 Å². The van der Waals surface area contributed by atoms with Crippen molar-refractivity contribution in [2.75, 3.05) is 6.61 Å². The Balaban J connectivity index is 1.82. The van der Waals surface area contributed by atoms with E-state index in [1.807, 2.05) is 0 Å². The van der Waals surface area contributed by atoms with Crippen LogP contribution in [0.25, 0.3) is 0 Å². The molecule has 1 saturated heterocycles. The van der Waals surface area contributed by atoms with Gasteiger partial charge in [-0.15, -0.1) is 0 Å². The number of aliphatic hydroxyl groups is 4. The average Bonchev–Trinajstić information content (AvgIpc) is 2.89. The topological polar surface area (TPSA) is 152 Å². The Morgan fingerprint density at radius 3 is 2.30 bits per heavy atom. The Bertz CT molecular complexity index is 1220. The molecule has 4 N–H and O–H groups in total. The first-order chi connectivity index (χ1) is 18.7. The monoisotopic (exact) mass is 578 g/mol. The fraction of sp³-hybridized carbons (Fsp3) is 0.655. The predicted molar refractivity (Wildman–Crippen MR) is 145 cm³/mol. The summed E-state index contributed by atoms with van der Waals surface area (Å²) in [6.45, 7) is 7.91. The molecular formula is C29H39O10P. The van der Waals surface area contributed by atoms with Crippen LogP contribution in [0.2, 0.25) is 0 Å². The molecule has 2 unspecified atom stereocenters. The van der Waals surface area contributed by atoms with Gasteiger partial charge in [0.15, 0.2) is 5.60 Å². The first-order valence-electron chi connectivity index (χ1n) is 13.6. The molecule has 5 rings (SSSR count). The van der Waals surface area contributed by atoms with E-state index in [4.69, 9.17) is 18.7 Å². The summed E-state index contributed by atoms with van der Waals surface area (Å²) in [4.78, 5) is 26.2. The molecular weight excluding hydrogens is 539 g/mol. The molecule has 220 valence electrons. The molecule has 0 aromatic heterocycles. The second-order valence-corrected chi connectivity index (χ2v) is 12.8. The molecule has 3 aliphatic carbocycles. The molecule has 11 atom stereocenters. The van der Waals surface area contributed by atoms with Crippen molar-refractivity contribution in [2.24, 2.45) is 16.7 Å². The number of aliphatic hydroxyl groups excluding tert-OH is 3. The van der Waals surface area contributed by atoms with Gasteiger partial charge in [-0.3, -0.25) is 4.79 Å². The fourth-order valence-electron chi connectivity index (χ4n) is 8.06. The fourth-order valence-corrected chi connectivity index (χ4v) is 8.47. The molecule has 10 nitrogen and oxygen atoms in total. The van der Waals surface area contributed by atoms with Crippen LogP contribution >= 0.6 is 9.47 Å². The SMILES string of the molecule is CC(=O)O[C@@]12CO[C@@H]1C[C@H](OP)[C@]1(C)C2[C@H](OC(=O)c2ccccc2)[C@]2(O)C[C@H](O)C(C)=C([C@@H](O)[C@@H]1O)C2(C)C. The van der Waals surface area contributed by atoms with Crippen LogP contribution in [0.15, 0.2) is 41.5 Å². The van der Waals surface area contributed by atoms with Gasteiger partial charge in [0, 0.05) is 40.1 Å². The van der Waals surface area contributed by atoms with Gasteiger partial charge in [-0.1, -0.05) is 39.0 Å². The first kappa shape index (κ1) is 29.6. The quantitative estimate of drug-likeness (QED) is 0.236. The Morgan fingerprint density at radius 2 is 1.75 bits per heavy atom. The van der Waals surface area contributed by atoms with E-state index >= 15 is 0 Å². The smallest absolute Gasteiger partial charge is 0.338 e. The lowest BCUT2D eigenvalue weighted by Crippen LogP contribution is -2.82. The molecule has 3 fully saturated rings. The predicted octanol–water partition coefficient (Wildman–Crippen LogP) is 1.69. The summed E-state index contributed by atoms with van der Waals surface area (Å²) in [6, 6.07) is 8.28. The average molecular weight is 579 g/mol. The van der Waals surface area contributed by atoms with Crippen molar-refractivity contribution in [3.05, 3.63) is 47.0 Å². The van der Waals surface area contributed by atoms with Gasteiger partial charge in [0.1, 0.15) is 23.9 Å². The highest BCUT2D eigenvalue weighted by atomic mass is 31.0. The minimum Gasteiger partial charge on any atom is -0.455 e. The number of hydrogen-bond donors (Lipinski definition) is 4. The minimum absolute atomic E-state index is 0.0793. The lowest BCUT2D eigenvalue weighted by atomic mass is 9.44. The van der Waals surface area contributed by atoms with Gasteiger partial charge in [-0.2, -0.15) is 0 Å². The number of benzene rings is 1. The largest absolute Gasteiger partial charge is 0.455 e. The highest BCUT2D eigenvalue weighted by Crippen LogP contribution is 2.65. The molecule has 2 saturated carbocycles. The van der Waals surface area contributed by atoms with Gasteiger partial charge < -0.3 is 39.2 Å². The van der Waals surface area contributed by atoms with Crippen LogP contribution in [-0.4, -0.2) is 86.8 Å². The van der Waals surface area contributed by atoms with Crippen molar-refractivity contribution in [3.63, 3.8) is 0 Å². The molecule has 1 aromatic carbocycles. The van der Waals surface area contributed by atoms with E-state index in [0.717, 1.165) is 0 Å². The van der Waals surface area contributed by atoms with Crippen LogP contribution in [0, 0.1) is 16.7 Å². The maximum atomic E-state index is 13.7. The molecule has 0 amide bonds. The maximum Gasteiger partial charge on any atom is 0.338 e. The van der Waals surface area contributed by atoms with Crippen molar-refractivity contribution in [1.29, 1.82) is 0 Å². The zero-order valence-corrected chi connectivity index (χ0v) is 24.5. The second-order valence-electron chi connectivity index (χ2n) is 12.5. The number of hydrogen-bond acceptors (Lipinski definition) is 10. The second kappa shape index (κ2) is 9.83. The highest BCUT2D eigenvalue weighted by molar-refractivity contribution is 7.09. The van der Waals surface area contributed by atoms with Crippen molar-refractivity contribution >= 4 is 21.4 Å². The Morgan fingerprint density at radius 1 is 1.10 bits per heavy atom. The number of fused-ring (bicyclic) bond motifs is 5. The number of carbonyl (C=O) groups is 2. The van der Waals surface area contributed by atoms with Crippen LogP contribution in [0.1, 0.15) is 57.8 Å². The molecule has 11 heteroatoms. The van der Waals surface area contributed by atoms with E-state index in [2.05, 4.69) is 9.47 Å². The molecule has 2 bridgehead atoms. The van der Waals surface area contributed by atoms with E-state index in [1.165, 1.54) is 6.92 Å². The molecule has 1 aliphatic heterocycles. The summed E-state index contributed by atoms with van der Waals surface area (Å²) < 4.78 is 24.0. The van der Waals surface area contributed by atoms with Gasteiger partial charge in [-0.25, -0.2) is 4.79 Å². The number of rotatable bonds is 4. The van der Waals surface area contributed by atoms with Crippen LogP contribution in [0.5, 0.6) is 0 Å². The Labute approximate surface area is 235 Å². The highest BCUT2D eigenvalue weighted by Gasteiger charge is 2.77. The van der Waals surface area contributed by atoms with Crippen LogP contribution in [0.4, 0.5) is 0 Å². The standard InChI is InChI=1S/C29H39O10P/c1-14-17(31)12-29(35)24(37-25(34)16-9-7-6-8-10-16)22-27(5,23(33)21(32)20(14)26(29,3)4)18(39-40)11-19-28(22,13-36-19)38-15(2)30/h6-10,17-19,21-24,31-33,35H,11-13,40H2,1-5H3/t17-,18-,19+,21+,22?,23-,24-,27+,28-,29+/m0/s1.